The van der Waals surface area contributed by atoms with Crippen molar-refractivity contribution in [3.8, 4) is 11.3 Å². The molecule has 2 aromatic rings. The summed E-state index contributed by atoms with van der Waals surface area (Å²) in [7, 11) is 0. The van der Waals surface area contributed by atoms with Gasteiger partial charge < -0.3 is 10.3 Å². The lowest BCUT2D eigenvalue weighted by atomic mass is 10.1. The molecule has 78 valence electrons. The zero-order chi connectivity index (χ0) is 10.8. The second-order valence-corrected chi connectivity index (χ2v) is 3.42. The third kappa shape index (κ3) is 2.00. The lowest BCUT2D eigenvalue weighted by Crippen LogP contribution is -1.92. The highest BCUT2D eigenvalue weighted by atomic mass is 35.5. The average molecular weight is 227 g/mol. The fourth-order valence-electron chi connectivity index (χ4n) is 1.20. The molecule has 0 amide bonds. The first kappa shape index (κ1) is 10.1. The number of aromatic nitrogens is 1. The maximum Gasteiger partial charge on any atom is 0.150 e. The van der Waals surface area contributed by atoms with Gasteiger partial charge in [-0.2, -0.15) is 0 Å². The molecule has 0 fully saturated rings. The van der Waals surface area contributed by atoms with Crippen LogP contribution in [0.5, 0.6) is 0 Å². The molecule has 15 heavy (non-hydrogen) atoms. The molecule has 0 saturated carbocycles. The molecule has 1 aromatic carbocycles. The standard InChI is InChI=1S/C10H8ClFN2O/c11-8-2-1-6(3-9(8)12)10-4-7(5-13)15-14-10/h1-4H,5,13H2. The Kier molecular flexibility index (Phi) is 2.70. The van der Waals surface area contributed by atoms with Gasteiger partial charge in [0.25, 0.3) is 0 Å². The van der Waals surface area contributed by atoms with Crippen LogP contribution in [0.4, 0.5) is 4.39 Å². The van der Waals surface area contributed by atoms with Crippen molar-refractivity contribution >= 4 is 11.6 Å². The van der Waals surface area contributed by atoms with Crippen molar-refractivity contribution in [3.05, 3.63) is 40.9 Å². The Morgan fingerprint density at radius 2 is 2.20 bits per heavy atom. The normalized spacial score (nSPS) is 10.6. The summed E-state index contributed by atoms with van der Waals surface area (Å²) in [4.78, 5) is 0. The minimum atomic E-state index is -0.480. The van der Waals surface area contributed by atoms with E-state index in [0.29, 0.717) is 17.0 Å². The highest BCUT2D eigenvalue weighted by Gasteiger charge is 2.07. The van der Waals surface area contributed by atoms with E-state index in [1.54, 1.807) is 12.1 Å². The molecule has 0 aliphatic carbocycles. The molecule has 0 aliphatic heterocycles. The van der Waals surface area contributed by atoms with Gasteiger partial charge in [-0.25, -0.2) is 4.39 Å². The van der Waals surface area contributed by atoms with Crippen LogP contribution < -0.4 is 5.73 Å². The summed E-state index contributed by atoms with van der Waals surface area (Å²) in [6, 6.07) is 6.12. The zero-order valence-corrected chi connectivity index (χ0v) is 8.46. The van der Waals surface area contributed by atoms with Crippen LogP contribution in [-0.4, -0.2) is 5.16 Å². The first-order valence-corrected chi connectivity index (χ1v) is 4.69. The molecule has 1 aromatic heterocycles. The third-order valence-electron chi connectivity index (χ3n) is 1.98. The van der Waals surface area contributed by atoms with Gasteiger partial charge in [0.2, 0.25) is 0 Å². The van der Waals surface area contributed by atoms with Crippen molar-refractivity contribution in [1.82, 2.24) is 5.16 Å². The second-order valence-electron chi connectivity index (χ2n) is 3.01. The number of rotatable bonds is 2. The van der Waals surface area contributed by atoms with Crippen LogP contribution in [0, 0.1) is 5.82 Å². The fourth-order valence-corrected chi connectivity index (χ4v) is 1.32. The molecule has 0 saturated heterocycles. The van der Waals surface area contributed by atoms with Crippen LogP contribution in [0.15, 0.2) is 28.8 Å². The second kappa shape index (κ2) is 4.00. The number of hydrogen-bond acceptors (Lipinski definition) is 3. The van der Waals surface area contributed by atoms with Gasteiger partial charge in [-0.3, -0.25) is 0 Å². The Bertz CT molecular complexity index is 484. The quantitative estimate of drug-likeness (QED) is 0.856. The van der Waals surface area contributed by atoms with E-state index in [2.05, 4.69) is 5.16 Å². The van der Waals surface area contributed by atoms with Crippen LogP contribution in [0.1, 0.15) is 5.76 Å². The van der Waals surface area contributed by atoms with Gasteiger partial charge in [0, 0.05) is 11.6 Å². The van der Waals surface area contributed by atoms with Crippen molar-refractivity contribution in [3.63, 3.8) is 0 Å². The summed E-state index contributed by atoms with van der Waals surface area (Å²) in [6.07, 6.45) is 0. The zero-order valence-electron chi connectivity index (χ0n) is 7.71. The van der Waals surface area contributed by atoms with Crippen molar-refractivity contribution in [2.75, 3.05) is 0 Å². The highest BCUT2D eigenvalue weighted by molar-refractivity contribution is 6.30. The Balaban J connectivity index is 2.40. The maximum absolute atomic E-state index is 13.1. The summed E-state index contributed by atoms with van der Waals surface area (Å²) < 4.78 is 18.0. The summed E-state index contributed by atoms with van der Waals surface area (Å²) in [5.41, 5.74) is 6.52. The average Bonchev–Trinajstić information content (AvgIpc) is 2.70. The van der Waals surface area contributed by atoms with Crippen molar-refractivity contribution < 1.29 is 8.91 Å². The van der Waals surface area contributed by atoms with Gasteiger partial charge in [-0.15, -0.1) is 0 Å². The maximum atomic E-state index is 13.1. The van der Waals surface area contributed by atoms with Crippen molar-refractivity contribution in [2.45, 2.75) is 6.54 Å². The number of nitrogens with two attached hydrogens (primary N) is 1. The number of hydrogen-bond donors (Lipinski definition) is 1. The molecule has 1 heterocycles. The molecule has 2 N–H and O–H groups in total. The molecular formula is C10H8ClFN2O. The van der Waals surface area contributed by atoms with E-state index >= 15 is 0 Å². The Hall–Kier alpha value is -1.39. The van der Waals surface area contributed by atoms with Gasteiger partial charge in [0.1, 0.15) is 11.5 Å². The summed E-state index contributed by atoms with van der Waals surface area (Å²) in [5, 5.41) is 3.85. The molecule has 0 radical (unpaired) electrons. The van der Waals surface area contributed by atoms with Gasteiger partial charge in [-0.1, -0.05) is 22.8 Å². The van der Waals surface area contributed by atoms with E-state index in [-0.39, 0.29) is 11.6 Å². The van der Waals surface area contributed by atoms with E-state index in [0.717, 1.165) is 0 Å². The molecule has 2 rings (SSSR count). The predicted molar refractivity (Wildman–Crippen MR) is 54.8 cm³/mol. The first-order valence-electron chi connectivity index (χ1n) is 4.32. The largest absolute Gasteiger partial charge is 0.359 e. The number of halogens is 2. The third-order valence-corrected chi connectivity index (χ3v) is 2.28. The molecule has 0 atom stereocenters. The van der Waals surface area contributed by atoms with Crippen molar-refractivity contribution in [2.24, 2.45) is 5.73 Å². The number of benzene rings is 1. The molecule has 0 aliphatic rings. The Morgan fingerprint density at radius 3 is 2.80 bits per heavy atom. The molecule has 0 unspecified atom stereocenters. The van der Waals surface area contributed by atoms with Crippen molar-refractivity contribution in [1.29, 1.82) is 0 Å². The van der Waals surface area contributed by atoms with Crippen LogP contribution in [0.3, 0.4) is 0 Å². The molecular weight excluding hydrogens is 219 g/mol. The van der Waals surface area contributed by atoms with E-state index in [1.165, 1.54) is 12.1 Å². The van der Waals surface area contributed by atoms with Gasteiger partial charge in [0.05, 0.1) is 11.6 Å². The summed E-state index contributed by atoms with van der Waals surface area (Å²) in [5.74, 6) is 0.0758. The van der Waals surface area contributed by atoms with Gasteiger partial charge in [-0.05, 0) is 12.1 Å². The summed E-state index contributed by atoms with van der Waals surface area (Å²) >= 11 is 5.56. The van der Waals surface area contributed by atoms with E-state index in [4.69, 9.17) is 21.9 Å². The first-order chi connectivity index (χ1) is 7.20. The minimum Gasteiger partial charge on any atom is -0.359 e. The Labute approximate surface area is 90.6 Å². The lowest BCUT2D eigenvalue weighted by Gasteiger charge is -1.96. The molecule has 3 nitrogen and oxygen atoms in total. The predicted octanol–water partition coefficient (Wildman–Crippen LogP) is 2.59. The SMILES string of the molecule is NCc1cc(-c2ccc(Cl)c(F)c2)no1. The number of nitrogens with zero attached hydrogens (tertiary/aromatic N) is 1. The van der Waals surface area contributed by atoms with Crippen LogP contribution in [-0.2, 0) is 6.54 Å². The topological polar surface area (TPSA) is 52.0 Å². The minimum absolute atomic E-state index is 0.0845. The lowest BCUT2D eigenvalue weighted by molar-refractivity contribution is 0.387. The van der Waals surface area contributed by atoms with E-state index in [9.17, 15) is 4.39 Å². The highest BCUT2D eigenvalue weighted by Crippen LogP contribution is 2.23. The molecule has 5 heteroatoms. The van der Waals surface area contributed by atoms with E-state index < -0.39 is 5.82 Å². The molecule has 0 spiro atoms. The van der Waals surface area contributed by atoms with Crippen LogP contribution >= 0.6 is 11.6 Å². The van der Waals surface area contributed by atoms with Gasteiger partial charge in [0.15, 0.2) is 5.76 Å². The fraction of sp³-hybridized carbons (Fsp3) is 0.100. The smallest absolute Gasteiger partial charge is 0.150 e. The summed E-state index contributed by atoms with van der Waals surface area (Å²) in [6.45, 7) is 0.267. The van der Waals surface area contributed by atoms with Crippen LogP contribution in [0.2, 0.25) is 5.02 Å². The van der Waals surface area contributed by atoms with Crippen LogP contribution in [0.25, 0.3) is 11.3 Å². The van der Waals surface area contributed by atoms with E-state index in [1.807, 2.05) is 0 Å². The van der Waals surface area contributed by atoms with Gasteiger partial charge >= 0.3 is 0 Å². The molecule has 0 bridgehead atoms. The monoisotopic (exact) mass is 226 g/mol. The Morgan fingerprint density at radius 1 is 1.40 bits per heavy atom.